The van der Waals surface area contributed by atoms with Gasteiger partial charge in [0, 0.05) is 17.8 Å². The fraction of sp³-hybridized carbons (Fsp3) is 0.391. The van der Waals surface area contributed by atoms with Crippen LogP contribution in [0, 0.1) is 5.92 Å². The number of carbonyl (C=O) groups is 2. The lowest BCUT2D eigenvalue weighted by atomic mass is 9.87. The van der Waals surface area contributed by atoms with Crippen LogP contribution >= 0.6 is 0 Å². The summed E-state index contributed by atoms with van der Waals surface area (Å²) in [5, 5.41) is 5.74. The molecule has 0 aliphatic heterocycles. The van der Waals surface area contributed by atoms with Gasteiger partial charge in [-0.15, -0.1) is 0 Å². The first-order valence-electron chi connectivity index (χ1n) is 9.73. The zero-order valence-corrected chi connectivity index (χ0v) is 16.7. The van der Waals surface area contributed by atoms with E-state index in [1.807, 2.05) is 24.3 Å². The number of carbonyl (C=O) groups excluding carboxylic acids is 2. The molecule has 3 rings (SSSR count). The molecule has 5 heteroatoms. The maximum absolute atomic E-state index is 12.4. The van der Waals surface area contributed by atoms with E-state index < -0.39 is 0 Å². The SMILES string of the molecule is CC(C)(C)c1ccc(C(=O)Nc2ccc(OCC(=O)NCC3CC3)cc2)cc1. The molecule has 0 spiro atoms. The van der Waals surface area contributed by atoms with Gasteiger partial charge in [-0.1, -0.05) is 32.9 Å². The fourth-order valence-electron chi connectivity index (χ4n) is 2.74. The Morgan fingerprint density at radius 2 is 1.64 bits per heavy atom. The van der Waals surface area contributed by atoms with Gasteiger partial charge >= 0.3 is 0 Å². The summed E-state index contributed by atoms with van der Waals surface area (Å²) in [6.07, 6.45) is 2.41. The van der Waals surface area contributed by atoms with Gasteiger partial charge < -0.3 is 15.4 Å². The van der Waals surface area contributed by atoms with Crippen LogP contribution in [0.3, 0.4) is 0 Å². The van der Waals surface area contributed by atoms with Crippen molar-refractivity contribution >= 4 is 17.5 Å². The van der Waals surface area contributed by atoms with Crippen LogP contribution in [-0.4, -0.2) is 25.0 Å². The van der Waals surface area contributed by atoms with E-state index in [2.05, 4.69) is 31.4 Å². The van der Waals surface area contributed by atoms with Crippen molar-refractivity contribution in [2.45, 2.75) is 39.0 Å². The van der Waals surface area contributed by atoms with Crippen LogP contribution < -0.4 is 15.4 Å². The van der Waals surface area contributed by atoms with Gasteiger partial charge in [-0.3, -0.25) is 9.59 Å². The summed E-state index contributed by atoms with van der Waals surface area (Å²) in [6, 6.07) is 14.7. The second kappa shape index (κ2) is 8.46. The molecule has 148 valence electrons. The van der Waals surface area contributed by atoms with Crippen LogP contribution in [0.4, 0.5) is 5.69 Å². The molecule has 0 saturated heterocycles. The summed E-state index contributed by atoms with van der Waals surface area (Å²) < 4.78 is 5.49. The molecule has 5 nitrogen and oxygen atoms in total. The Kier molecular flexibility index (Phi) is 6.02. The molecule has 2 N–H and O–H groups in total. The minimum Gasteiger partial charge on any atom is -0.484 e. The standard InChI is InChI=1S/C23H28N2O3/c1-23(2,3)18-8-6-17(7-9-18)22(27)25-19-10-12-20(13-11-19)28-15-21(26)24-14-16-4-5-16/h6-13,16H,4-5,14-15H2,1-3H3,(H,24,26)(H,25,27). The number of hydrogen-bond donors (Lipinski definition) is 2. The molecule has 0 bridgehead atoms. The van der Waals surface area contributed by atoms with Crippen LogP contribution in [-0.2, 0) is 10.2 Å². The molecule has 1 aliphatic rings. The van der Waals surface area contributed by atoms with E-state index >= 15 is 0 Å². The van der Waals surface area contributed by atoms with Gasteiger partial charge in [0.25, 0.3) is 11.8 Å². The zero-order valence-electron chi connectivity index (χ0n) is 16.7. The van der Waals surface area contributed by atoms with Crippen molar-refractivity contribution in [1.82, 2.24) is 5.32 Å². The molecule has 0 radical (unpaired) electrons. The van der Waals surface area contributed by atoms with Crippen molar-refractivity contribution in [3.8, 4) is 5.75 Å². The third kappa shape index (κ3) is 5.84. The minimum absolute atomic E-state index is 0.00144. The van der Waals surface area contributed by atoms with Crippen molar-refractivity contribution in [3.05, 3.63) is 59.7 Å². The van der Waals surface area contributed by atoms with Crippen LogP contribution in [0.15, 0.2) is 48.5 Å². The summed E-state index contributed by atoms with van der Waals surface area (Å²) in [7, 11) is 0. The van der Waals surface area contributed by atoms with E-state index in [1.54, 1.807) is 24.3 Å². The Morgan fingerprint density at radius 1 is 1.00 bits per heavy atom. The second-order valence-electron chi connectivity index (χ2n) is 8.34. The van der Waals surface area contributed by atoms with Gasteiger partial charge in [-0.2, -0.15) is 0 Å². The Hall–Kier alpha value is -2.82. The highest BCUT2D eigenvalue weighted by molar-refractivity contribution is 6.04. The van der Waals surface area contributed by atoms with Gasteiger partial charge in [-0.25, -0.2) is 0 Å². The molecule has 28 heavy (non-hydrogen) atoms. The van der Waals surface area contributed by atoms with E-state index in [0.717, 1.165) is 6.54 Å². The summed E-state index contributed by atoms with van der Waals surface area (Å²) in [6.45, 7) is 7.16. The molecule has 0 heterocycles. The van der Waals surface area contributed by atoms with Crippen molar-refractivity contribution in [2.24, 2.45) is 5.92 Å². The van der Waals surface area contributed by atoms with Gasteiger partial charge in [0.2, 0.25) is 0 Å². The lowest BCUT2D eigenvalue weighted by Crippen LogP contribution is -2.30. The van der Waals surface area contributed by atoms with Crippen molar-refractivity contribution < 1.29 is 14.3 Å². The lowest BCUT2D eigenvalue weighted by molar-refractivity contribution is -0.123. The first kappa shape index (κ1) is 19.9. The molecular formula is C23H28N2O3. The average molecular weight is 380 g/mol. The number of rotatable bonds is 7. The molecular weight excluding hydrogens is 352 g/mol. The molecule has 1 fully saturated rings. The van der Waals surface area contributed by atoms with Gasteiger partial charge in [0.05, 0.1) is 0 Å². The molecule has 2 aromatic rings. The minimum atomic E-state index is -0.159. The number of anilines is 1. The van der Waals surface area contributed by atoms with Crippen LogP contribution in [0.2, 0.25) is 0 Å². The summed E-state index contributed by atoms with van der Waals surface area (Å²) >= 11 is 0. The van der Waals surface area contributed by atoms with Crippen LogP contribution in [0.25, 0.3) is 0 Å². The maximum atomic E-state index is 12.4. The Morgan fingerprint density at radius 3 is 2.21 bits per heavy atom. The molecule has 1 saturated carbocycles. The summed E-state index contributed by atoms with van der Waals surface area (Å²) in [4.78, 5) is 24.1. The smallest absolute Gasteiger partial charge is 0.257 e. The lowest BCUT2D eigenvalue weighted by Gasteiger charge is -2.19. The molecule has 0 unspecified atom stereocenters. The van der Waals surface area contributed by atoms with E-state index in [1.165, 1.54) is 18.4 Å². The van der Waals surface area contributed by atoms with E-state index in [0.29, 0.717) is 22.9 Å². The maximum Gasteiger partial charge on any atom is 0.257 e. The summed E-state index contributed by atoms with van der Waals surface area (Å²) in [5.41, 5.74) is 2.53. The summed E-state index contributed by atoms with van der Waals surface area (Å²) in [5.74, 6) is 0.974. The first-order chi connectivity index (χ1) is 13.3. The highest BCUT2D eigenvalue weighted by atomic mass is 16.5. The van der Waals surface area contributed by atoms with Gasteiger partial charge in [0.1, 0.15) is 5.75 Å². The van der Waals surface area contributed by atoms with E-state index in [4.69, 9.17) is 4.74 Å². The largest absolute Gasteiger partial charge is 0.484 e. The third-order valence-electron chi connectivity index (χ3n) is 4.78. The first-order valence-corrected chi connectivity index (χ1v) is 9.73. The third-order valence-corrected chi connectivity index (χ3v) is 4.78. The second-order valence-corrected chi connectivity index (χ2v) is 8.34. The number of hydrogen-bond acceptors (Lipinski definition) is 3. The van der Waals surface area contributed by atoms with Gasteiger partial charge in [-0.05, 0) is 66.1 Å². The number of nitrogens with one attached hydrogen (secondary N) is 2. The van der Waals surface area contributed by atoms with Crippen LogP contribution in [0.1, 0.15) is 49.5 Å². The monoisotopic (exact) mass is 380 g/mol. The highest BCUT2D eigenvalue weighted by Crippen LogP contribution is 2.27. The zero-order chi connectivity index (χ0) is 20.1. The fourth-order valence-corrected chi connectivity index (χ4v) is 2.74. The molecule has 1 aliphatic carbocycles. The quantitative estimate of drug-likeness (QED) is 0.758. The molecule has 0 aromatic heterocycles. The van der Waals surface area contributed by atoms with Crippen molar-refractivity contribution in [3.63, 3.8) is 0 Å². The Bertz CT molecular complexity index is 816. The Labute approximate surface area is 166 Å². The Balaban J connectivity index is 1.49. The van der Waals surface area contributed by atoms with Crippen molar-refractivity contribution in [1.29, 1.82) is 0 Å². The normalized spacial score (nSPS) is 13.7. The number of amides is 2. The van der Waals surface area contributed by atoms with E-state index in [-0.39, 0.29) is 23.8 Å². The van der Waals surface area contributed by atoms with Gasteiger partial charge in [0.15, 0.2) is 6.61 Å². The molecule has 0 atom stereocenters. The van der Waals surface area contributed by atoms with E-state index in [9.17, 15) is 9.59 Å². The predicted octanol–water partition coefficient (Wildman–Crippen LogP) is 4.14. The molecule has 2 aromatic carbocycles. The highest BCUT2D eigenvalue weighted by Gasteiger charge is 2.21. The average Bonchev–Trinajstić information content (AvgIpc) is 3.50. The van der Waals surface area contributed by atoms with Crippen LogP contribution in [0.5, 0.6) is 5.75 Å². The number of ether oxygens (including phenoxy) is 1. The predicted molar refractivity (Wildman–Crippen MR) is 111 cm³/mol. The van der Waals surface area contributed by atoms with Crippen molar-refractivity contribution in [2.75, 3.05) is 18.5 Å². The molecule has 2 amide bonds. The number of benzene rings is 2. The topological polar surface area (TPSA) is 67.4 Å².